The summed E-state index contributed by atoms with van der Waals surface area (Å²) in [5, 5.41) is 10.1. The number of hydrogen-bond donors (Lipinski definition) is 1. The second-order valence-corrected chi connectivity index (χ2v) is 5.83. The lowest BCUT2D eigenvalue weighted by Gasteiger charge is -2.23. The van der Waals surface area contributed by atoms with Gasteiger partial charge in [-0.05, 0) is 23.8 Å². The Balaban J connectivity index is 2.19. The molecule has 0 saturated heterocycles. The molecular weight excluding hydrogens is 333 g/mol. The normalized spacial score (nSPS) is 11.0. The van der Waals surface area contributed by atoms with Gasteiger partial charge < -0.3 is 14.6 Å². The van der Waals surface area contributed by atoms with Gasteiger partial charge in [0.2, 0.25) is 0 Å². The molecule has 0 heterocycles. The van der Waals surface area contributed by atoms with Crippen LogP contribution in [-0.2, 0) is 17.8 Å². The molecule has 1 N–H and O–H groups in total. The van der Waals surface area contributed by atoms with Crippen LogP contribution in [0.15, 0.2) is 36.4 Å². The summed E-state index contributed by atoms with van der Waals surface area (Å²) in [6.07, 6.45) is 0. The van der Waals surface area contributed by atoms with Gasteiger partial charge in [0.25, 0.3) is 0 Å². The minimum atomic E-state index is -0.235. The molecular formula is C18H21ClFNO3. The van der Waals surface area contributed by atoms with E-state index in [1.54, 1.807) is 31.4 Å². The number of rotatable bonds is 8. The predicted octanol–water partition coefficient (Wildman–Crippen LogP) is 3.84. The van der Waals surface area contributed by atoms with Gasteiger partial charge >= 0.3 is 0 Å². The van der Waals surface area contributed by atoms with Crippen molar-refractivity contribution < 1.29 is 19.0 Å². The number of phenols is 1. The lowest BCUT2D eigenvalue weighted by atomic mass is 10.1. The maximum atomic E-state index is 13.9. The Hall–Kier alpha value is -1.82. The summed E-state index contributed by atoms with van der Waals surface area (Å²) in [5.41, 5.74) is 1.48. The Bertz CT molecular complexity index is 681. The van der Waals surface area contributed by atoms with E-state index in [9.17, 15) is 9.50 Å². The largest absolute Gasteiger partial charge is 0.503 e. The molecule has 4 nitrogen and oxygen atoms in total. The summed E-state index contributed by atoms with van der Waals surface area (Å²) >= 11 is 6.04. The van der Waals surface area contributed by atoms with Crippen molar-refractivity contribution >= 4 is 11.6 Å². The standard InChI is InChI=1S/C18H21ClFNO3/c1-23-8-7-21(12-14-5-3-4-6-16(14)20)11-13-9-15(19)18(22)17(10-13)24-2/h3-6,9-10,22H,7-8,11-12H2,1-2H3. The summed E-state index contributed by atoms with van der Waals surface area (Å²) in [5.74, 6) is -0.00298. The van der Waals surface area contributed by atoms with E-state index < -0.39 is 0 Å². The molecule has 2 aromatic carbocycles. The molecule has 0 aromatic heterocycles. The summed E-state index contributed by atoms with van der Waals surface area (Å²) in [6, 6.07) is 10.1. The van der Waals surface area contributed by atoms with E-state index >= 15 is 0 Å². The number of halogens is 2. The average Bonchev–Trinajstić information content (AvgIpc) is 2.57. The van der Waals surface area contributed by atoms with Gasteiger partial charge in [-0.25, -0.2) is 4.39 Å². The summed E-state index contributed by atoms with van der Waals surface area (Å²) in [7, 11) is 3.10. The zero-order valence-corrected chi connectivity index (χ0v) is 14.5. The van der Waals surface area contributed by atoms with Crippen molar-refractivity contribution in [3.05, 3.63) is 58.4 Å². The van der Waals surface area contributed by atoms with Gasteiger partial charge in [-0.2, -0.15) is 0 Å². The van der Waals surface area contributed by atoms with Crippen LogP contribution in [-0.4, -0.2) is 37.4 Å². The van der Waals surface area contributed by atoms with Gasteiger partial charge in [-0.3, -0.25) is 4.90 Å². The number of nitrogens with zero attached hydrogens (tertiary/aromatic N) is 1. The zero-order valence-electron chi connectivity index (χ0n) is 13.8. The third-order valence-corrected chi connectivity index (χ3v) is 3.97. The lowest BCUT2D eigenvalue weighted by molar-refractivity contribution is 0.139. The highest BCUT2D eigenvalue weighted by molar-refractivity contribution is 6.32. The molecule has 130 valence electrons. The maximum absolute atomic E-state index is 13.9. The Morgan fingerprint density at radius 1 is 1.17 bits per heavy atom. The van der Waals surface area contributed by atoms with Gasteiger partial charge in [-0.15, -0.1) is 0 Å². The van der Waals surface area contributed by atoms with Crippen LogP contribution >= 0.6 is 11.6 Å². The van der Waals surface area contributed by atoms with Crippen LogP contribution in [0.5, 0.6) is 11.5 Å². The fourth-order valence-electron chi connectivity index (χ4n) is 2.43. The number of phenolic OH excluding ortho intramolecular Hbond substituents is 1. The minimum absolute atomic E-state index is 0.0829. The van der Waals surface area contributed by atoms with Crippen molar-refractivity contribution in [3.63, 3.8) is 0 Å². The third kappa shape index (κ3) is 4.84. The lowest BCUT2D eigenvalue weighted by Crippen LogP contribution is -2.27. The van der Waals surface area contributed by atoms with Crippen LogP contribution in [0.3, 0.4) is 0 Å². The Morgan fingerprint density at radius 3 is 2.58 bits per heavy atom. The fraction of sp³-hybridized carbons (Fsp3) is 0.333. The van der Waals surface area contributed by atoms with Crippen LogP contribution < -0.4 is 4.74 Å². The quantitative estimate of drug-likeness (QED) is 0.783. The molecule has 0 atom stereocenters. The molecule has 24 heavy (non-hydrogen) atoms. The maximum Gasteiger partial charge on any atom is 0.176 e. The van der Waals surface area contributed by atoms with E-state index in [0.717, 1.165) is 5.56 Å². The van der Waals surface area contributed by atoms with E-state index in [1.807, 2.05) is 11.0 Å². The topological polar surface area (TPSA) is 41.9 Å². The van der Waals surface area contributed by atoms with Crippen LogP contribution in [0.2, 0.25) is 5.02 Å². The monoisotopic (exact) mass is 353 g/mol. The van der Waals surface area contributed by atoms with Crippen LogP contribution in [0.1, 0.15) is 11.1 Å². The second-order valence-electron chi connectivity index (χ2n) is 5.42. The number of aromatic hydroxyl groups is 1. The third-order valence-electron chi connectivity index (χ3n) is 3.68. The first kappa shape index (κ1) is 18.5. The van der Waals surface area contributed by atoms with Crippen LogP contribution in [0.25, 0.3) is 0 Å². The SMILES string of the molecule is COCCN(Cc1cc(Cl)c(O)c(OC)c1)Cc1ccccc1F. The van der Waals surface area contributed by atoms with Crippen LogP contribution in [0, 0.1) is 5.82 Å². The molecule has 0 aliphatic heterocycles. The first-order valence-electron chi connectivity index (χ1n) is 7.55. The highest BCUT2D eigenvalue weighted by Gasteiger charge is 2.14. The van der Waals surface area contributed by atoms with Crippen molar-refractivity contribution in [1.29, 1.82) is 0 Å². The van der Waals surface area contributed by atoms with Crippen molar-refractivity contribution in [2.75, 3.05) is 27.4 Å². The van der Waals surface area contributed by atoms with E-state index in [4.69, 9.17) is 21.1 Å². The molecule has 0 spiro atoms. The van der Waals surface area contributed by atoms with E-state index in [1.165, 1.54) is 13.2 Å². The second kappa shape index (κ2) is 8.87. The Kier molecular flexibility index (Phi) is 6.85. The molecule has 2 rings (SSSR count). The Morgan fingerprint density at radius 2 is 1.92 bits per heavy atom. The average molecular weight is 354 g/mol. The highest BCUT2D eigenvalue weighted by atomic mass is 35.5. The number of methoxy groups -OCH3 is 2. The van der Waals surface area contributed by atoms with Gasteiger partial charge in [0, 0.05) is 32.3 Å². The highest BCUT2D eigenvalue weighted by Crippen LogP contribution is 2.35. The van der Waals surface area contributed by atoms with E-state index in [0.29, 0.717) is 37.6 Å². The van der Waals surface area contributed by atoms with Crippen molar-refractivity contribution in [1.82, 2.24) is 4.90 Å². The first-order valence-corrected chi connectivity index (χ1v) is 7.93. The zero-order chi connectivity index (χ0) is 17.5. The number of hydrogen-bond acceptors (Lipinski definition) is 4. The molecule has 6 heteroatoms. The summed E-state index contributed by atoms with van der Waals surface area (Å²) in [6.45, 7) is 2.12. The van der Waals surface area contributed by atoms with E-state index in [2.05, 4.69) is 0 Å². The molecule has 0 amide bonds. The summed E-state index contributed by atoms with van der Waals surface area (Å²) < 4.78 is 24.2. The Labute approximate surface area is 146 Å². The molecule has 0 unspecified atom stereocenters. The van der Waals surface area contributed by atoms with Crippen molar-refractivity contribution in [3.8, 4) is 11.5 Å². The number of ether oxygens (including phenoxy) is 2. The first-order chi connectivity index (χ1) is 11.5. The smallest absolute Gasteiger partial charge is 0.176 e. The van der Waals surface area contributed by atoms with Gasteiger partial charge in [0.15, 0.2) is 11.5 Å². The predicted molar refractivity (Wildman–Crippen MR) is 92.1 cm³/mol. The number of benzene rings is 2. The van der Waals surface area contributed by atoms with Crippen LogP contribution in [0.4, 0.5) is 4.39 Å². The molecule has 0 fully saturated rings. The molecule has 0 aliphatic rings. The molecule has 0 bridgehead atoms. The van der Waals surface area contributed by atoms with Gasteiger partial charge in [-0.1, -0.05) is 29.8 Å². The van der Waals surface area contributed by atoms with Crippen molar-refractivity contribution in [2.24, 2.45) is 0 Å². The van der Waals surface area contributed by atoms with Gasteiger partial charge in [0.1, 0.15) is 5.82 Å². The molecule has 0 saturated carbocycles. The minimum Gasteiger partial charge on any atom is -0.503 e. The molecule has 0 radical (unpaired) electrons. The van der Waals surface area contributed by atoms with Crippen molar-refractivity contribution in [2.45, 2.75) is 13.1 Å². The molecule has 2 aromatic rings. The molecule has 0 aliphatic carbocycles. The van der Waals surface area contributed by atoms with Gasteiger partial charge in [0.05, 0.1) is 18.7 Å². The fourth-order valence-corrected chi connectivity index (χ4v) is 2.67. The van der Waals surface area contributed by atoms with E-state index in [-0.39, 0.29) is 16.6 Å². The summed E-state index contributed by atoms with van der Waals surface area (Å²) in [4.78, 5) is 2.05.